The van der Waals surface area contributed by atoms with Crippen molar-refractivity contribution in [1.29, 1.82) is 0 Å². The van der Waals surface area contributed by atoms with E-state index in [-0.39, 0.29) is 6.61 Å². The second-order valence-electron chi connectivity index (χ2n) is 5.46. The molecule has 2 aromatic rings. The molecule has 0 aromatic heterocycles. The summed E-state index contributed by atoms with van der Waals surface area (Å²) in [5, 5.41) is 13.6. The van der Waals surface area contributed by atoms with Crippen molar-refractivity contribution in [2.45, 2.75) is 6.10 Å². The molecule has 1 unspecified atom stereocenters. The van der Waals surface area contributed by atoms with Crippen molar-refractivity contribution in [2.75, 3.05) is 26.1 Å². The summed E-state index contributed by atoms with van der Waals surface area (Å²) in [5.74, 6) is 2.38. The molecular weight excluding hydrogens is 322 g/mol. The number of para-hydroxylation sites is 1. The number of hydrogen-bond donors (Lipinski definition) is 2. The summed E-state index contributed by atoms with van der Waals surface area (Å²) < 4.78 is 11.0. The van der Waals surface area contributed by atoms with E-state index in [9.17, 15) is 5.11 Å². The quantitative estimate of drug-likeness (QED) is 0.841. The molecule has 3 rings (SSSR count). The molecule has 0 saturated carbocycles. The summed E-state index contributed by atoms with van der Waals surface area (Å²) in [6.45, 7) is 1.12. The Balaban J connectivity index is 1.59. The van der Waals surface area contributed by atoms with E-state index in [4.69, 9.17) is 9.47 Å². The smallest absolute Gasteiger partial charge is 0.124 e. The molecule has 0 bridgehead atoms. The molecule has 0 spiro atoms. The number of aliphatic hydroxyl groups is 1. The highest BCUT2D eigenvalue weighted by Gasteiger charge is 2.13. The Bertz CT molecular complexity index is 692. The standard InChI is InChI=1S/C19H21NO3S/c1-22-19-5-3-2-4-17(19)18(21)12-23-15-8-6-14(7-9-15)10-16-11-20-13-24-16/h2-10,18,20-21H,11-13H2,1H3/b16-10-. The molecule has 1 saturated heterocycles. The highest BCUT2D eigenvalue weighted by atomic mass is 32.2. The van der Waals surface area contributed by atoms with Gasteiger partial charge in [0, 0.05) is 22.9 Å². The molecule has 1 aliphatic heterocycles. The summed E-state index contributed by atoms with van der Waals surface area (Å²) in [6, 6.07) is 15.3. The van der Waals surface area contributed by atoms with Crippen LogP contribution in [0, 0.1) is 0 Å². The van der Waals surface area contributed by atoms with E-state index in [1.54, 1.807) is 7.11 Å². The van der Waals surface area contributed by atoms with E-state index in [1.165, 1.54) is 4.91 Å². The minimum Gasteiger partial charge on any atom is -0.496 e. The van der Waals surface area contributed by atoms with Crippen LogP contribution in [0.4, 0.5) is 0 Å². The average Bonchev–Trinajstić information content (AvgIpc) is 3.14. The van der Waals surface area contributed by atoms with Crippen molar-refractivity contribution in [1.82, 2.24) is 5.32 Å². The molecule has 0 radical (unpaired) electrons. The summed E-state index contributed by atoms with van der Waals surface area (Å²) >= 11 is 1.83. The lowest BCUT2D eigenvalue weighted by Gasteiger charge is -2.15. The minimum absolute atomic E-state index is 0.181. The number of ether oxygens (including phenoxy) is 2. The van der Waals surface area contributed by atoms with E-state index in [1.807, 2.05) is 60.3 Å². The lowest BCUT2D eigenvalue weighted by Crippen LogP contribution is -2.10. The maximum absolute atomic E-state index is 10.3. The number of benzene rings is 2. The zero-order chi connectivity index (χ0) is 16.8. The zero-order valence-electron chi connectivity index (χ0n) is 13.6. The van der Waals surface area contributed by atoms with E-state index in [0.717, 1.165) is 29.3 Å². The van der Waals surface area contributed by atoms with Gasteiger partial charge in [-0.1, -0.05) is 30.3 Å². The van der Waals surface area contributed by atoms with Gasteiger partial charge in [0.1, 0.15) is 24.2 Å². The number of methoxy groups -OCH3 is 1. The minimum atomic E-state index is -0.732. The van der Waals surface area contributed by atoms with Gasteiger partial charge in [-0.15, -0.1) is 11.8 Å². The van der Waals surface area contributed by atoms with Crippen LogP contribution in [0.15, 0.2) is 53.4 Å². The van der Waals surface area contributed by atoms with Gasteiger partial charge < -0.3 is 19.9 Å². The van der Waals surface area contributed by atoms with Gasteiger partial charge in [0.05, 0.1) is 7.11 Å². The van der Waals surface area contributed by atoms with Gasteiger partial charge in [-0.25, -0.2) is 0 Å². The van der Waals surface area contributed by atoms with E-state index < -0.39 is 6.10 Å². The van der Waals surface area contributed by atoms with Crippen molar-refractivity contribution in [3.05, 3.63) is 64.6 Å². The molecule has 4 nitrogen and oxygen atoms in total. The highest BCUT2D eigenvalue weighted by molar-refractivity contribution is 8.03. The SMILES string of the molecule is COc1ccccc1C(O)COc1ccc(/C=C2/CNCS2)cc1. The number of aliphatic hydroxyl groups excluding tert-OH is 1. The fraction of sp³-hybridized carbons (Fsp3) is 0.263. The van der Waals surface area contributed by atoms with Crippen LogP contribution in [0.25, 0.3) is 6.08 Å². The van der Waals surface area contributed by atoms with Gasteiger partial charge in [0.15, 0.2) is 0 Å². The van der Waals surface area contributed by atoms with Crippen molar-refractivity contribution < 1.29 is 14.6 Å². The molecule has 2 aromatic carbocycles. The second kappa shape index (κ2) is 8.24. The molecule has 2 N–H and O–H groups in total. The van der Waals surface area contributed by atoms with Crippen LogP contribution in [0.5, 0.6) is 11.5 Å². The highest BCUT2D eigenvalue weighted by Crippen LogP contribution is 2.26. The van der Waals surface area contributed by atoms with Crippen molar-refractivity contribution in [2.24, 2.45) is 0 Å². The van der Waals surface area contributed by atoms with Gasteiger partial charge >= 0.3 is 0 Å². The van der Waals surface area contributed by atoms with Gasteiger partial charge in [-0.2, -0.15) is 0 Å². The third-order valence-corrected chi connectivity index (χ3v) is 4.75. The Kier molecular flexibility index (Phi) is 5.80. The number of hydrogen-bond acceptors (Lipinski definition) is 5. The first-order valence-electron chi connectivity index (χ1n) is 7.84. The lowest BCUT2D eigenvalue weighted by atomic mass is 10.1. The monoisotopic (exact) mass is 343 g/mol. The van der Waals surface area contributed by atoms with Crippen molar-refractivity contribution in [3.63, 3.8) is 0 Å². The molecule has 1 fully saturated rings. The number of nitrogens with one attached hydrogen (secondary N) is 1. The van der Waals surface area contributed by atoms with E-state index in [0.29, 0.717) is 5.75 Å². The van der Waals surface area contributed by atoms with Crippen LogP contribution in [-0.4, -0.2) is 31.2 Å². The Labute approximate surface area is 146 Å². The summed E-state index contributed by atoms with van der Waals surface area (Å²) in [6.07, 6.45) is 1.45. The Morgan fingerprint density at radius 3 is 2.71 bits per heavy atom. The summed E-state index contributed by atoms with van der Waals surface area (Å²) in [4.78, 5) is 1.34. The van der Waals surface area contributed by atoms with Crippen LogP contribution < -0.4 is 14.8 Å². The third kappa shape index (κ3) is 4.32. The maximum atomic E-state index is 10.3. The largest absolute Gasteiger partial charge is 0.496 e. The molecule has 24 heavy (non-hydrogen) atoms. The van der Waals surface area contributed by atoms with Gasteiger partial charge in [-0.3, -0.25) is 0 Å². The van der Waals surface area contributed by atoms with Crippen LogP contribution >= 0.6 is 11.8 Å². The van der Waals surface area contributed by atoms with Crippen LogP contribution in [-0.2, 0) is 0 Å². The Morgan fingerprint density at radius 2 is 2.00 bits per heavy atom. The Hall–Kier alpha value is -1.95. The lowest BCUT2D eigenvalue weighted by molar-refractivity contribution is 0.106. The van der Waals surface area contributed by atoms with E-state index in [2.05, 4.69) is 11.4 Å². The van der Waals surface area contributed by atoms with Crippen molar-refractivity contribution >= 4 is 17.8 Å². The van der Waals surface area contributed by atoms with Gasteiger partial charge in [0.25, 0.3) is 0 Å². The Morgan fingerprint density at radius 1 is 1.21 bits per heavy atom. The average molecular weight is 343 g/mol. The molecule has 126 valence electrons. The topological polar surface area (TPSA) is 50.7 Å². The molecular formula is C19H21NO3S. The first-order valence-corrected chi connectivity index (χ1v) is 8.83. The fourth-order valence-electron chi connectivity index (χ4n) is 2.51. The molecule has 1 aliphatic rings. The first kappa shape index (κ1) is 16.9. The fourth-order valence-corrected chi connectivity index (χ4v) is 3.33. The number of thioether (sulfide) groups is 1. The van der Waals surface area contributed by atoms with Gasteiger partial charge in [-0.05, 0) is 29.8 Å². The second-order valence-corrected chi connectivity index (χ2v) is 6.57. The third-order valence-electron chi connectivity index (χ3n) is 3.77. The number of rotatable bonds is 6. The van der Waals surface area contributed by atoms with Crippen LogP contribution in [0.3, 0.4) is 0 Å². The normalized spacial score (nSPS) is 17.0. The zero-order valence-corrected chi connectivity index (χ0v) is 14.4. The molecule has 0 amide bonds. The first-order chi connectivity index (χ1) is 11.8. The summed E-state index contributed by atoms with van der Waals surface area (Å²) in [7, 11) is 1.60. The molecule has 1 atom stereocenters. The predicted molar refractivity (Wildman–Crippen MR) is 98.3 cm³/mol. The molecule has 1 heterocycles. The van der Waals surface area contributed by atoms with Gasteiger partial charge in [0.2, 0.25) is 0 Å². The van der Waals surface area contributed by atoms with E-state index >= 15 is 0 Å². The maximum Gasteiger partial charge on any atom is 0.124 e. The summed E-state index contributed by atoms with van der Waals surface area (Å²) in [5.41, 5.74) is 1.88. The molecule has 5 heteroatoms. The van der Waals surface area contributed by atoms with Crippen LogP contribution in [0.2, 0.25) is 0 Å². The predicted octanol–water partition coefficient (Wildman–Crippen LogP) is 3.44. The van der Waals surface area contributed by atoms with Crippen LogP contribution in [0.1, 0.15) is 17.2 Å². The van der Waals surface area contributed by atoms with Crippen molar-refractivity contribution in [3.8, 4) is 11.5 Å². The molecule has 0 aliphatic carbocycles.